The number of hydrogen-bond donors (Lipinski definition) is 3. The van der Waals surface area contributed by atoms with Crippen molar-refractivity contribution in [1.29, 1.82) is 0 Å². The lowest BCUT2D eigenvalue weighted by atomic mass is 9.63. The molecule has 7 atom stereocenters. The highest BCUT2D eigenvalue weighted by Gasteiger charge is 2.45. The molecule has 4 aromatic heterocycles. The molecule has 0 aromatic carbocycles. The Kier molecular flexibility index (Phi) is 8.61. The monoisotopic (exact) mass is 654 g/mol. The quantitative estimate of drug-likeness (QED) is 0.189. The number of aromatic nitrogens is 6. The third-order valence-corrected chi connectivity index (χ3v) is 9.22. The number of pyridine rings is 1. The van der Waals surface area contributed by atoms with E-state index < -0.39 is 39.4 Å². The largest absolute Gasteiger partial charge is 0.697 e. The number of nitrogens with two attached hydrogens (primary N) is 1. The Morgan fingerprint density at radius 1 is 1.14 bits per heavy atom. The van der Waals surface area contributed by atoms with E-state index in [0.29, 0.717) is 23.2 Å². The molecule has 0 spiro atoms. The van der Waals surface area contributed by atoms with Crippen molar-refractivity contribution in [3.63, 3.8) is 0 Å². The number of fused-ring (bicyclic) bond motifs is 3. The van der Waals surface area contributed by atoms with E-state index >= 15 is 4.39 Å². The molecule has 19 heteroatoms. The number of alkyl halides is 1. The van der Waals surface area contributed by atoms with Gasteiger partial charge in [-0.2, -0.15) is 0 Å². The first-order chi connectivity index (χ1) is 20.6. The van der Waals surface area contributed by atoms with Crippen LogP contribution in [0.15, 0.2) is 43.4 Å². The molecule has 0 radical (unpaired) electrons. The first-order valence-electron chi connectivity index (χ1n) is 13.2. The van der Waals surface area contributed by atoms with Crippen LogP contribution in [-0.2, 0) is 34.7 Å². The lowest BCUT2D eigenvalue weighted by Gasteiger charge is -2.44. The Morgan fingerprint density at radius 3 is 2.74 bits per heavy atom. The molecular formula is C24H27FN7O8P2S+. The average Bonchev–Trinajstić information content (AvgIpc) is 3.68. The second-order valence-corrected chi connectivity index (χ2v) is 14.0. The number of rotatable bonds is 12. The standard InChI is InChI=1S/C24H26FN7O8P2S/c25-18-7-15(40-24(18)32-12-29-20-22-28-3-4-31(22)11-30-23(20)32)9-37-41(34)38-10-17-14(8-39-42(35,36)43)5-16(17)13-1-2-27-19(6-13)21(26)33/h1-4,6,11-12,14-18,24H,5,7-10H2,(H3-,26,33,35,36,43)/p+1/t14-,15+,16+,17-,18-,24-/m1/s1. The second kappa shape index (κ2) is 12.3. The zero-order valence-electron chi connectivity index (χ0n) is 22.3. The molecule has 4 N–H and O–H groups in total. The number of primary amides is 1. The van der Waals surface area contributed by atoms with Gasteiger partial charge in [-0.1, -0.05) is 0 Å². The number of hydrogen-bond acceptors (Lipinski definition) is 11. The zero-order chi connectivity index (χ0) is 30.3. The summed E-state index contributed by atoms with van der Waals surface area (Å²) in [7, 11) is -2.61. The first kappa shape index (κ1) is 30.2. The third-order valence-electron chi connectivity index (χ3n) is 7.69. The summed E-state index contributed by atoms with van der Waals surface area (Å²) in [4.78, 5) is 47.5. The van der Waals surface area contributed by atoms with Crippen molar-refractivity contribution >= 4 is 49.5 Å². The molecule has 1 saturated heterocycles. The van der Waals surface area contributed by atoms with Crippen LogP contribution in [0.1, 0.15) is 41.0 Å². The number of ether oxygens (including phenoxy) is 1. The van der Waals surface area contributed by atoms with Crippen LogP contribution in [0.3, 0.4) is 0 Å². The summed E-state index contributed by atoms with van der Waals surface area (Å²) in [5.74, 6) is -1.29. The molecule has 5 heterocycles. The predicted octanol–water partition coefficient (Wildman–Crippen LogP) is 2.53. The van der Waals surface area contributed by atoms with Gasteiger partial charge in [0.1, 0.15) is 31.4 Å². The van der Waals surface area contributed by atoms with Crippen molar-refractivity contribution in [3.05, 3.63) is 54.6 Å². The molecule has 2 aliphatic rings. The molecule has 1 saturated carbocycles. The van der Waals surface area contributed by atoms with E-state index in [1.165, 1.54) is 17.1 Å². The van der Waals surface area contributed by atoms with Gasteiger partial charge in [0.05, 0.1) is 19.0 Å². The van der Waals surface area contributed by atoms with Crippen molar-refractivity contribution in [3.8, 4) is 0 Å². The SMILES string of the molecule is NC(=O)c1cc([C@@H]2C[C@H](COP(O)(O)=S)[C@H]2CO[P+](=O)OC[C@@H]2C[C@@H](F)[C@H](n3cnc4c3ncn3ccnc43)O2)ccn1. The van der Waals surface area contributed by atoms with Gasteiger partial charge < -0.3 is 24.8 Å². The summed E-state index contributed by atoms with van der Waals surface area (Å²) in [6.07, 6.45) is 5.30. The van der Waals surface area contributed by atoms with Gasteiger partial charge in [-0.3, -0.25) is 18.7 Å². The topological polar surface area (TPSA) is 198 Å². The van der Waals surface area contributed by atoms with Crippen molar-refractivity contribution in [1.82, 2.24) is 28.9 Å². The number of amides is 1. The van der Waals surface area contributed by atoms with E-state index in [1.807, 2.05) is 0 Å². The Labute approximate surface area is 249 Å². The normalized spacial score (nSPS) is 26.2. The Balaban J connectivity index is 1.05. The lowest BCUT2D eigenvalue weighted by Crippen LogP contribution is -2.40. The van der Waals surface area contributed by atoms with Crippen LogP contribution in [0, 0.1) is 11.8 Å². The fraction of sp³-hybridized carbons (Fsp3) is 0.458. The Bertz CT molecular complexity index is 1720. The van der Waals surface area contributed by atoms with E-state index in [1.54, 1.807) is 35.3 Å². The summed E-state index contributed by atoms with van der Waals surface area (Å²) in [6, 6.07) is 3.31. The van der Waals surface area contributed by atoms with Crippen LogP contribution in [0.5, 0.6) is 0 Å². The van der Waals surface area contributed by atoms with Gasteiger partial charge >= 0.3 is 15.0 Å². The number of nitrogens with zero attached hydrogens (tertiary/aromatic N) is 6. The van der Waals surface area contributed by atoms with Crippen LogP contribution in [0.25, 0.3) is 16.8 Å². The van der Waals surface area contributed by atoms with Crippen LogP contribution < -0.4 is 5.73 Å². The maximum absolute atomic E-state index is 15.0. The van der Waals surface area contributed by atoms with E-state index in [0.717, 1.165) is 5.56 Å². The minimum Gasteiger partial charge on any atom is -0.364 e. The molecule has 1 unspecified atom stereocenters. The highest BCUT2D eigenvalue weighted by atomic mass is 32.5. The fourth-order valence-electron chi connectivity index (χ4n) is 5.55. The molecule has 2 fully saturated rings. The molecular weight excluding hydrogens is 627 g/mol. The summed E-state index contributed by atoms with van der Waals surface area (Å²) in [5, 5.41) is 0. The van der Waals surface area contributed by atoms with Crippen molar-refractivity contribution in [2.24, 2.45) is 17.6 Å². The number of halogens is 1. The average molecular weight is 655 g/mol. The van der Waals surface area contributed by atoms with Crippen LogP contribution >= 0.6 is 15.0 Å². The summed E-state index contributed by atoms with van der Waals surface area (Å²) in [5.41, 5.74) is 7.75. The number of imidazole rings is 2. The molecule has 228 valence electrons. The van der Waals surface area contributed by atoms with E-state index in [2.05, 4.69) is 31.7 Å². The summed E-state index contributed by atoms with van der Waals surface area (Å²) in [6.45, 7) is -4.12. The van der Waals surface area contributed by atoms with Gasteiger partial charge in [0.2, 0.25) is 0 Å². The van der Waals surface area contributed by atoms with E-state index in [4.69, 9.17) is 24.0 Å². The highest BCUT2D eigenvalue weighted by molar-refractivity contribution is 8.06. The lowest BCUT2D eigenvalue weighted by molar-refractivity contribution is -0.0333. The molecule has 6 rings (SSSR count). The minimum atomic E-state index is -3.87. The number of carbonyl (C=O) groups excluding carboxylic acids is 1. The van der Waals surface area contributed by atoms with Crippen LogP contribution in [0.4, 0.5) is 4.39 Å². The maximum Gasteiger partial charge on any atom is 0.697 e. The van der Waals surface area contributed by atoms with Crippen molar-refractivity contribution in [2.45, 2.75) is 37.3 Å². The zero-order valence-corrected chi connectivity index (χ0v) is 24.9. The van der Waals surface area contributed by atoms with E-state index in [9.17, 15) is 19.1 Å². The molecule has 1 aliphatic heterocycles. The molecule has 15 nitrogen and oxygen atoms in total. The molecule has 1 amide bonds. The second-order valence-electron chi connectivity index (χ2n) is 10.3. The summed E-state index contributed by atoms with van der Waals surface area (Å²) >= 11 is 4.55. The minimum absolute atomic E-state index is 0.00173. The molecule has 1 aliphatic carbocycles. The fourth-order valence-corrected chi connectivity index (χ4v) is 6.78. The smallest absolute Gasteiger partial charge is 0.364 e. The van der Waals surface area contributed by atoms with Crippen LogP contribution in [0.2, 0.25) is 0 Å². The number of carbonyl (C=O) groups is 1. The Morgan fingerprint density at radius 2 is 1.95 bits per heavy atom. The van der Waals surface area contributed by atoms with Crippen molar-refractivity contribution in [2.75, 3.05) is 19.8 Å². The van der Waals surface area contributed by atoms with Gasteiger partial charge in [-0.15, -0.1) is 9.05 Å². The highest BCUT2D eigenvalue weighted by Crippen LogP contribution is 2.50. The van der Waals surface area contributed by atoms with Crippen LogP contribution in [-0.4, -0.2) is 76.7 Å². The molecule has 43 heavy (non-hydrogen) atoms. The van der Waals surface area contributed by atoms with Gasteiger partial charge in [-0.05, 0) is 53.7 Å². The van der Waals surface area contributed by atoms with Gasteiger partial charge in [0, 0.05) is 29.6 Å². The van der Waals surface area contributed by atoms with Gasteiger partial charge in [0.15, 0.2) is 23.0 Å². The summed E-state index contributed by atoms with van der Waals surface area (Å²) < 4.78 is 52.7. The van der Waals surface area contributed by atoms with E-state index in [-0.39, 0.29) is 49.7 Å². The predicted molar refractivity (Wildman–Crippen MR) is 151 cm³/mol. The third kappa shape index (κ3) is 6.50. The maximum atomic E-state index is 15.0. The van der Waals surface area contributed by atoms with Gasteiger partial charge in [-0.25, -0.2) is 19.3 Å². The van der Waals surface area contributed by atoms with Gasteiger partial charge in [0.25, 0.3) is 5.91 Å². The first-order valence-corrected chi connectivity index (χ1v) is 16.9. The van der Waals surface area contributed by atoms with Crippen molar-refractivity contribution < 1.29 is 41.8 Å². The molecule has 0 bridgehead atoms. The molecule has 4 aromatic rings. The Hall–Kier alpha value is -2.85.